The van der Waals surface area contributed by atoms with Gasteiger partial charge in [-0.15, -0.1) is 10.2 Å². The van der Waals surface area contributed by atoms with Crippen molar-refractivity contribution in [2.75, 3.05) is 6.61 Å². The highest BCUT2D eigenvalue weighted by Gasteiger charge is 2.34. The van der Waals surface area contributed by atoms with Gasteiger partial charge in [0.05, 0.1) is 17.1 Å². The van der Waals surface area contributed by atoms with Crippen LogP contribution in [0.3, 0.4) is 0 Å². The maximum absolute atomic E-state index is 12.8. The first-order valence-corrected chi connectivity index (χ1v) is 9.96. The van der Waals surface area contributed by atoms with Crippen molar-refractivity contribution in [2.24, 2.45) is 0 Å². The summed E-state index contributed by atoms with van der Waals surface area (Å²) >= 11 is 6.20. The number of aryl methyl sites for hydroxylation is 2. The molecule has 6 nitrogen and oxygen atoms in total. The molecule has 29 heavy (non-hydrogen) atoms. The molecule has 0 atom stereocenters. The van der Waals surface area contributed by atoms with Crippen LogP contribution in [0.2, 0.25) is 5.02 Å². The fraction of sp³-hybridized carbons (Fsp3) is 0.318. The van der Waals surface area contributed by atoms with Gasteiger partial charge in [-0.2, -0.15) is 0 Å². The Morgan fingerprint density at radius 1 is 1.21 bits per heavy atom. The molecule has 0 aliphatic heterocycles. The van der Waals surface area contributed by atoms with E-state index in [0.29, 0.717) is 22.4 Å². The molecule has 0 radical (unpaired) electrons. The normalized spacial score (nSPS) is 13.3. The van der Waals surface area contributed by atoms with Gasteiger partial charge in [-0.3, -0.25) is 4.79 Å². The van der Waals surface area contributed by atoms with E-state index in [9.17, 15) is 4.79 Å². The number of hydrogen-bond acceptors (Lipinski definition) is 5. The van der Waals surface area contributed by atoms with Crippen LogP contribution >= 0.6 is 11.6 Å². The highest BCUT2D eigenvalue weighted by Crippen LogP contribution is 2.30. The summed E-state index contributed by atoms with van der Waals surface area (Å²) in [6, 6.07) is 13.4. The number of carbonyl (C=O) groups excluding carboxylic acids is 1. The van der Waals surface area contributed by atoms with Gasteiger partial charge in [0.25, 0.3) is 5.91 Å². The first-order valence-electron chi connectivity index (χ1n) is 9.58. The number of hydrogen-bond donors (Lipinski definition) is 0. The molecule has 1 amide bonds. The highest BCUT2D eigenvalue weighted by molar-refractivity contribution is 6.33. The van der Waals surface area contributed by atoms with E-state index in [0.717, 1.165) is 29.7 Å². The minimum atomic E-state index is -0.0926. The van der Waals surface area contributed by atoms with E-state index in [-0.39, 0.29) is 25.1 Å². The van der Waals surface area contributed by atoms with Crippen LogP contribution in [0.4, 0.5) is 0 Å². The third kappa shape index (κ3) is 4.59. The number of rotatable bonds is 7. The van der Waals surface area contributed by atoms with Crippen molar-refractivity contribution in [1.82, 2.24) is 15.1 Å². The summed E-state index contributed by atoms with van der Waals surface area (Å²) < 4.78 is 11.5. The third-order valence-electron chi connectivity index (χ3n) is 4.87. The SMILES string of the molecule is Cc1ccc(OCC(=O)N(Cc2nnc(-c3ccccc3Cl)o2)C2CC2)c(C)c1. The number of halogens is 1. The van der Waals surface area contributed by atoms with E-state index in [1.807, 2.05) is 50.2 Å². The Morgan fingerprint density at radius 2 is 2.00 bits per heavy atom. The van der Waals surface area contributed by atoms with Crippen molar-refractivity contribution < 1.29 is 13.9 Å². The number of benzene rings is 2. The van der Waals surface area contributed by atoms with Crippen molar-refractivity contribution in [3.63, 3.8) is 0 Å². The van der Waals surface area contributed by atoms with Crippen LogP contribution in [0.5, 0.6) is 5.75 Å². The van der Waals surface area contributed by atoms with Gasteiger partial charge >= 0.3 is 0 Å². The summed E-state index contributed by atoms with van der Waals surface area (Å²) in [5.74, 6) is 1.36. The van der Waals surface area contributed by atoms with Crippen molar-refractivity contribution in [1.29, 1.82) is 0 Å². The fourth-order valence-corrected chi connectivity index (χ4v) is 3.41. The van der Waals surface area contributed by atoms with Crippen LogP contribution in [0.25, 0.3) is 11.5 Å². The molecule has 1 aliphatic carbocycles. The second-order valence-corrected chi connectivity index (χ2v) is 7.70. The standard InChI is InChI=1S/C22H22ClN3O3/c1-14-7-10-19(15(2)11-14)28-13-21(27)26(16-8-9-16)12-20-24-25-22(29-20)17-5-3-4-6-18(17)23/h3-7,10-11,16H,8-9,12-13H2,1-2H3. The van der Waals surface area contributed by atoms with Gasteiger partial charge < -0.3 is 14.1 Å². The van der Waals surface area contributed by atoms with Crippen LogP contribution < -0.4 is 4.74 Å². The van der Waals surface area contributed by atoms with Gasteiger partial charge in [-0.25, -0.2) is 0 Å². The average Bonchev–Trinajstić information content (AvgIpc) is 3.43. The Bertz CT molecular complexity index is 1030. The van der Waals surface area contributed by atoms with E-state index in [1.165, 1.54) is 0 Å². The number of carbonyl (C=O) groups is 1. The smallest absolute Gasteiger partial charge is 0.261 e. The van der Waals surface area contributed by atoms with Crippen LogP contribution in [-0.4, -0.2) is 33.7 Å². The van der Waals surface area contributed by atoms with Gasteiger partial charge in [-0.05, 0) is 50.5 Å². The molecule has 1 saturated carbocycles. The summed E-state index contributed by atoms with van der Waals surface area (Å²) in [5, 5.41) is 8.72. The van der Waals surface area contributed by atoms with Gasteiger partial charge in [0.1, 0.15) is 5.75 Å². The molecule has 3 aromatic rings. The zero-order chi connectivity index (χ0) is 20.4. The molecule has 0 saturated heterocycles. The number of nitrogens with zero attached hydrogens (tertiary/aromatic N) is 3. The Morgan fingerprint density at radius 3 is 2.72 bits per heavy atom. The monoisotopic (exact) mass is 411 g/mol. The molecule has 150 valence electrons. The van der Waals surface area contributed by atoms with Gasteiger partial charge in [0.2, 0.25) is 11.8 Å². The molecular formula is C22H22ClN3O3. The molecule has 7 heteroatoms. The van der Waals surface area contributed by atoms with Crippen molar-refractivity contribution in [2.45, 2.75) is 39.3 Å². The quantitative estimate of drug-likeness (QED) is 0.569. The minimum Gasteiger partial charge on any atom is -0.483 e. The molecule has 0 bridgehead atoms. The molecule has 1 aromatic heterocycles. The summed E-state index contributed by atoms with van der Waals surface area (Å²) in [6.45, 7) is 4.24. The fourth-order valence-electron chi connectivity index (χ4n) is 3.20. The van der Waals surface area contributed by atoms with E-state index >= 15 is 0 Å². The Balaban J connectivity index is 1.43. The maximum atomic E-state index is 12.8. The molecule has 0 unspecified atom stereocenters. The molecule has 2 aromatic carbocycles. The Hall–Kier alpha value is -2.86. The first kappa shape index (κ1) is 19.5. The molecule has 1 heterocycles. The molecule has 0 spiro atoms. The Kier molecular flexibility index (Phi) is 5.53. The van der Waals surface area contributed by atoms with E-state index in [2.05, 4.69) is 10.2 Å². The lowest BCUT2D eigenvalue weighted by Crippen LogP contribution is -2.36. The minimum absolute atomic E-state index is 0.0219. The summed E-state index contributed by atoms with van der Waals surface area (Å²) in [5.41, 5.74) is 2.85. The lowest BCUT2D eigenvalue weighted by molar-refractivity contribution is -0.134. The number of ether oxygens (including phenoxy) is 1. The van der Waals surface area contributed by atoms with Gasteiger partial charge in [0.15, 0.2) is 6.61 Å². The van der Waals surface area contributed by atoms with Crippen LogP contribution in [-0.2, 0) is 11.3 Å². The van der Waals surface area contributed by atoms with Crippen LogP contribution in [0, 0.1) is 13.8 Å². The molecule has 1 aliphatic rings. The van der Waals surface area contributed by atoms with Crippen LogP contribution in [0.1, 0.15) is 29.9 Å². The Labute approximate surface area is 174 Å². The molecule has 1 fully saturated rings. The van der Waals surface area contributed by atoms with E-state index in [1.54, 1.807) is 11.0 Å². The highest BCUT2D eigenvalue weighted by atomic mass is 35.5. The zero-order valence-electron chi connectivity index (χ0n) is 16.4. The molecule has 4 rings (SSSR count). The van der Waals surface area contributed by atoms with E-state index < -0.39 is 0 Å². The third-order valence-corrected chi connectivity index (χ3v) is 5.20. The second-order valence-electron chi connectivity index (χ2n) is 7.29. The summed E-state index contributed by atoms with van der Waals surface area (Å²) in [4.78, 5) is 14.6. The van der Waals surface area contributed by atoms with Crippen molar-refractivity contribution >= 4 is 17.5 Å². The lowest BCUT2D eigenvalue weighted by atomic mass is 10.1. The van der Waals surface area contributed by atoms with Gasteiger partial charge in [-0.1, -0.05) is 41.4 Å². The first-order chi connectivity index (χ1) is 14.0. The zero-order valence-corrected chi connectivity index (χ0v) is 17.1. The predicted octanol–water partition coefficient (Wildman–Crippen LogP) is 4.58. The number of amides is 1. The molecule has 0 N–H and O–H groups in total. The largest absolute Gasteiger partial charge is 0.483 e. The van der Waals surface area contributed by atoms with Crippen molar-refractivity contribution in [3.05, 3.63) is 64.5 Å². The summed E-state index contributed by atoms with van der Waals surface area (Å²) in [7, 11) is 0. The van der Waals surface area contributed by atoms with Crippen LogP contribution in [0.15, 0.2) is 46.9 Å². The summed E-state index contributed by atoms with van der Waals surface area (Å²) in [6.07, 6.45) is 1.95. The molecular weight excluding hydrogens is 390 g/mol. The number of aromatic nitrogens is 2. The lowest BCUT2D eigenvalue weighted by Gasteiger charge is -2.21. The average molecular weight is 412 g/mol. The van der Waals surface area contributed by atoms with Gasteiger partial charge in [0, 0.05) is 6.04 Å². The second kappa shape index (κ2) is 8.25. The van der Waals surface area contributed by atoms with Crippen molar-refractivity contribution in [3.8, 4) is 17.2 Å². The maximum Gasteiger partial charge on any atom is 0.261 e. The topological polar surface area (TPSA) is 68.5 Å². The predicted molar refractivity (Wildman–Crippen MR) is 110 cm³/mol. The van der Waals surface area contributed by atoms with E-state index in [4.69, 9.17) is 20.8 Å².